The summed E-state index contributed by atoms with van der Waals surface area (Å²) in [7, 11) is 0. The molecule has 5 heteroatoms. The highest BCUT2D eigenvalue weighted by Crippen LogP contribution is 2.35. The van der Waals surface area contributed by atoms with Crippen LogP contribution in [0.3, 0.4) is 0 Å². The number of thiophene rings is 1. The van der Waals surface area contributed by atoms with E-state index < -0.39 is 6.36 Å². The van der Waals surface area contributed by atoms with Crippen LogP contribution in [0, 0.1) is 6.92 Å². The fourth-order valence-corrected chi connectivity index (χ4v) is 2.37. The number of aryl methyl sites for hydroxylation is 1. The Morgan fingerprint density at radius 2 is 2.00 bits per heavy atom. The first-order valence-electron chi connectivity index (χ1n) is 4.20. The van der Waals surface area contributed by atoms with Gasteiger partial charge in [-0.1, -0.05) is 12.1 Å². The molecule has 0 N–H and O–H groups in total. The van der Waals surface area contributed by atoms with E-state index >= 15 is 0 Å². The van der Waals surface area contributed by atoms with Gasteiger partial charge in [0.05, 0.1) is 4.70 Å². The second-order valence-electron chi connectivity index (χ2n) is 3.10. The van der Waals surface area contributed by atoms with E-state index in [2.05, 4.69) is 4.74 Å². The first-order chi connectivity index (χ1) is 6.97. The summed E-state index contributed by atoms with van der Waals surface area (Å²) in [6, 6.07) is 4.67. The Bertz CT molecular complexity index is 487. The minimum Gasteiger partial charge on any atom is -0.404 e. The maximum atomic E-state index is 12.1. The van der Waals surface area contributed by atoms with Crippen LogP contribution in [0.4, 0.5) is 13.2 Å². The molecule has 0 unspecified atom stereocenters. The first-order valence-corrected chi connectivity index (χ1v) is 5.08. The molecule has 15 heavy (non-hydrogen) atoms. The number of hydrogen-bond acceptors (Lipinski definition) is 2. The zero-order chi connectivity index (χ0) is 11.1. The van der Waals surface area contributed by atoms with Crippen LogP contribution in [0.15, 0.2) is 23.6 Å². The van der Waals surface area contributed by atoms with Crippen LogP contribution in [-0.4, -0.2) is 6.36 Å². The molecule has 0 bridgehead atoms. The molecule has 1 aromatic carbocycles. The fraction of sp³-hybridized carbons (Fsp3) is 0.200. The molecule has 80 valence electrons. The highest BCUT2D eigenvalue weighted by molar-refractivity contribution is 7.17. The summed E-state index contributed by atoms with van der Waals surface area (Å²) in [6.07, 6.45) is -4.63. The molecule has 0 amide bonds. The van der Waals surface area contributed by atoms with Crippen molar-refractivity contribution < 1.29 is 17.9 Å². The normalized spacial score (nSPS) is 12.0. The van der Waals surface area contributed by atoms with Crippen molar-refractivity contribution in [3.8, 4) is 5.75 Å². The van der Waals surface area contributed by atoms with Crippen molar-refractivity contribution >= 4 is 21.4 Å². The van der Waals surface area contributed by atoms with E-state index in [0.29, 0.717) is 4.70 Å². The van der Waals surface area contributed by atoms with Gasteiger partial charge in [-0.05, 0) is 29.3 Å². The number of benzene rings is 1. The minimum absolute atomic E-state index is 0.127. The summed E-state index contributed by atoms with van der Waals surface area (Å²) in [4.78, 5) is 0. The molecule has 1 aromatic heterocycles. The fourth-order valence-electron chi connectivity index (χ4n) is 1.36. The van der Waals surface area contributed by atoms with Gasteiger partial charge in [0.1, 0.15) is 5.75 Å². The van der Waals surface area contributed by atoms with Gasteiger partial charge in [0.2, 0.25) is 0 Å². The van der Waals surface area contributed by atoms with Gasteiger partial charge in [-0.15, -0.1) is 24.5 Å². The van der Waals surface area contributed by atoms with Crippen molar-refractivity contribution in [3.05, 3.63) is 29.1 Å². The van der Waals surface area contributed by atoms with Crippen LogP contribution in [-0.2, 0) is 0 Å². The maximum Gasteiger partial charge on any atom is 0.573 e. The van der Waals surface area contributed by atoms with Gasteiger partial charge in [0.25, 0.3) is 0 Å². The van der Waals surface area contributed by atoms with Crippen LogP contribution < -0.4 is 4.74 Å². The van der Waals surface area contributed by atoms with Gasteiger partial charge in [0.15, 0.2) is 0 Å². The molecular formula is C10H7F3OS. The Balaban J connectivity index is 2.52. The quantitative estimate of drug-likeness (QED) is 0.719. The number of ether oxygens (including phenoxy) is 1. The maximum absolute atomic E-state index is 12.1. The summed E-state index contributed by atoms with van der Waals surface area (Å²) >= 11 is 1.26. The van der Waals surface area contributed by atoms with E-state index in [0.717, 1.165) is 10.9 Å². The summed E-state index contributed by atoms with van der Waals surface area (Å²) in [5.74, 6) is -0.127. The summed E-state index contributed by atoms with van der Waals surface area (Å²) in [5.41, 5.74) is 0.961. The molecule has 0 fully saturated rings. The van der Waals surface area contributed by atoms with Crippen molar-refractivity contribution in [3.63, 3.8) is 0 Å². The summed E-state index contributed by atoms with van der Waals surface area (Å²) < 4.78 is 40.6. The van der Waals surface area contributed by atoms with Crippen LogP contribution in [0.1, 0.15) is 5.56 Å². The zero-order valence-corrected chi connectivity index (χ0v) is 8.58. The molecule has 0 saturated heterocycles. The number of fused-ring (bicyclic) bond motifs is 1. The molecule has 0 atom stereocenters. The molecule has 0 aliphatic heterocycles. The predicted octanol–water partition coefficient (Wildman–Crippen LogP) is 4.11. The number of alkyl halides is 3. The van der Waals surface area contributed by atoms with E-state index in [-0.39, 0.29) is 5.75 Å². The molecule has 0 aliphatic rings. The van der Waals surface area contributed by atoms with Crippen molar-refractivity contribution in [1.82, 2.24) is 0 Å². The highest BCUT2D eigenvalue weighted by atomic mass is 32.1. The first kappa shape index (κ1) is 10.3. The molecule has 1 nitrogen and oxygen atoms in total. The van der Waals surface area contributed by atoms with Crippen molar-refractivity contribution in [2.45, 2.75) is 13.3 Å². The average Bonchev–Trinajstić information content (AvgIpc) is 2.47. The van der Waals surface area contributed by atoms with Gasteiger partial charge in [-0.25, -0.2) is 0 Å². The van der Waals surface area contributed by atoms with E-state index in [9.17, 15) is 13.2 Å². The predicted molar refractivity (Wildman–Crippen MR) is 53.2 cm³/mol. The van der Waals surface area contributed by atoms with E-state index in [1.165, 1.54) is 17.4 Å². The Kier molecular flexibility index (Phi) is 2.34. The Hall–Kier alpha value is -1.23. The minimum atomic E-state index is -4.63. The van der Waals surface area contributed by atoms with E-state index in [1.807, 2.05) is 12.3 Å². The highest BCUT2D eigenvalue weighted by Gasteiger charge is 2.32. The lowest BCUT2D eigenvalue weighted by molar-refractivity contribution is -0.274. The average molecular weight is 232 g/mol. The molecule has 0 radical (unpaired) electrons. The number of halogens is 3. The van der Waals surface area contributed by atoms with Gasteiger partial charge in [0, 0.05) is 0 Å². The third-order valence-electron chi connectivity index (χ3n) is 1.98. The van der Waals surface area contributed by atoms with E-state index in [4.69, 9.17) is 0 Å². The molecule has 2 rings (SSSR count). The Morgan fingerprint density at radius 1 is 1.27 bits per heavy atom. The largest absolute Gasteiger partial charge is 0.573 e. The second kappa shape index (κ2) is 3.41. The molecule has 1 heterocycles. The van der Waals surface area contributed by atoms with E-state index in [1.54, 1.807) is 12.1 Å². The van der Waals surface area contributed by atoms with Crippen LogP contribution in [0.2, 0.25) is 0 Å². The molecule has 0 spiro atoms. The Morgan fingerprint density at radius 3 is 2.67 bits per heavy atom. The molecule has 0 aliphatic carbocycles. The smallest absolute Gasteiger partial charge is 0.404 e. The lowest BCUT2D eigenvalue weighted by Crippen LogP contribution is -2.17. The molecule has 0 saturated carbocycles. The molecular weight excluding hydrogens is 225 g/mol. The SMILES string of the molecule is Cc1csc2c(OC(F)(F)F)cccc12. The standard InChI is InChI=1S/C10H7F3OS/c1-6-5-15-9-7(6)3-2-4-8(9)14-10(11,12)13/h2-5H,1H3. The van der Waals surface area contributed by atoms with Crippen LogP contribution in [0.25, 0.3) is 10.1 Å². The second-order valence-corrected chi connectivity index (χ2v) is 3.98. The van der Waals surface area contributed by atoms with Crippen molar-refractivity contribution in [2.24, 2.45) is 0 Å². The lowest BCUT2D eigenvalue weighted by Gasteiger charge is -2.09. The van der Waals surface area contributed by atoms with Gasteiger partial charge in [-0.2, -0.15) is 0 Å². The van der Waals surface area contributed by atoms with Gasteiger partial charge >= 0.3 is 6.36 Å². The number of rotatable bonds is 1. The summed E-state index contributed by atoms with van der Waals surface area (Å²) in [5, 5.41) is 2.62. The monoisotopic (exact) mass is 232 g/mol. The van der Waals surface area contributed by atoms with Crippen molar-refractivity contribution in [2.75, 3.05) is 0 Å². The third kappa shape index (κ3) is 2.07. The van der Waals surface area contributed by atoms with Crippen LogP contribution >= 0.6 is 11.3 Å². The van der Waals surface area contributed by atoms with Gasteiger partial charge in [-0.3, -0.25) is 0 Å². The van der Waals surface area contributed by atoms with Crippen LogP contribution in [0.5, 0.6) is 5.75 Å². The Labute approximate surface area is 88.1 Å². The molecule has 2 aromatic rings. The summed E-state index contributed by atoms with van der Waals surface area (Å²) in [6.45, 7) is 1.86. The van der Waals surface area contributed by atoms with Gasteiger partial charge < -0.3 is 4.74 Å². The topological polar surface area (TPSA) is 9.23 Å². The lowest BCUT2D eigenvalue weighted by atomic mass is 10.2. The van der Waals surface area contributed by atoms with Crippen molar-refractivity contribution in [1.29, 1.82) is 0 Å². The zero-order valence-electron chi connectivity index (χ0n) is 7.76. The third-order valence-corrected chi connectivity index (χ3v) is 3.11. The number of hydrogen-bond donors (Lipinski definition) is 0.